The van der Waals surface area contributed by atoms with Gasteiger partial charge < -0.3 is 29.2 Å². The maximum atomic E-state index is 13.4. The predicted octanol–water partition coefficient (Wildman–Crippen LogP) is 6.94. The number of rotatable bonds is 7. The van der Waals surface area contributed by atoms with Gasteiger partial charge in [0.1, 0.15) is 23.9 Å². The number of H-pyrrole nitrogens is 2. The number of nitrogens with one attached hydrogen (secondary N) is 2. The third-order valence-electron chi connectivity index (χ3n) is 10.6. The first-order chi connectivity index (χ1) is 23.7. The van der Waals surface area contributed by atoms with Crippen LogP contribution in [-0.2, 0) is 19.1 Å². The van der Waals surface area contributed by atoms with Crippen LogP contribution in [0.25, 0.3) is 33.6 Å². The average molecular weight is 699 g/mol. The summed E-state index contributed by atoms with van der Waals surface area (Å²) in [5.74, 6) is 1.76. The molecule has 0 spiro atoms. The van der Waals surface area contributed by atoms with Crippen LogP contribution >= 0.6 is 11.6 Å². The monoisotopic (exact) mass is 698 g/mol. The van der Waals surface area contributed by atoms with Gasteiger partial charge in [-0.05, 0) is 61.3 Å². The van der Waals surface area contributed by atoms with E-state index >= 15 is 0 Å². The van der Waals surface area contributed by atoms with Gasteiger partial charge in [-0.3, -0.25) is 9.59 Å². The lowest BCUT2D eigenvalue weighted by molar-refractivity contribution is -0.142. The molecular formula is C37H43ClN6O4Si. The fraction of sp³-hybridized carbons (Fsp3) is 0.459. The van der Waals surface area contributed by atoms with Gasteiger partial charge in [0, 0.05) is 31.5 Å². The number of hydrogen-bond donors (Lipinski definition) is 2. The van der Waals surface area contributed by atoms with Gasteiger partial charge in [-0.2, -0.15) is 0 Å². The summed E-state index contributed by atoms with van der Waals surface area (Å²) in [5.41, 5.74) is 5.86. The van der Waals surface area contributed by atoms with Crippen molar-refractivity contribution in [2.24, 2.45) is 0 Å². The largest absolute Gasteiger partial charge is 0.368 e. The van der Waals surface area contributed by atoms with E-state index in [1.54, 1.807) is 0 Å². The maximum absolute atomic E-state index is 13.4. The van der Waals surface area contributed by atoms with Crippen molar-refractivity contribution in [2.75, 3.05) is 25.9 Å². The zero-order valence-electron chi connectivity index (χ0n) is 28.1. The highest BCUT2D eigenvalue weighted by Gasteiger charge is 2.45. The molecule has 0 radical (unpaired) electrons. The summed E-state index contributed by atoms with van der Waals surface area (Å²) >= 11 is 6.65. The molecule has 10 nitrogen and oxygen atoms in total. The molecule has 2 amide bonds. The van der Waals surface area contributed by atoms with Crippen LogP contribution in [0.1, 0.15) is 62.3 Å². The molecule has 256 valence electrons. The number of carbonyl (C=O) groups is 2. The number of likely N-dealkylation sites (tertiary alicyclic amines) is 1. The van der Waals surface area contributed by atoms with Crippen LogP contribution in [0.3, 0.4) is 0 Å². The van der Waals surface area contributed by atoms with E-state index in [9.17, 15) is 9.59 Å². The molecule has 0 unspecified atom stereocenters. The highest BCUT2D eigenvalue weighted by atomic mass is 35.5. The van der Waals surface area contributed by atoms with E-state index in [4.69, 9.17) is 26.1 Å². The van der Waals surface area contributed by atoms with E-state index in [0.29, 0.717) is 24.9 Å². The van der Waals surface area contributed by atoms with Crippen molar-refractivity contribution in [2.45, 2.75) is 82.0 Å². The van der Waals surface area contributed by atoms with E-state index in [0.717, 1.165) is 96.0 Å². The van der Waals surface area contributed by atoms with Gasteiger partial charge in [-0.25, -0.2) is 9.97 Å². The van der Waals surface area contributed by atoms with E-state index in [-0.39, 0.29) is 36.1 Å². The summed E-state index contributed by atoms with van der Waals surface area (Å²) in [7, 11) is -1.57. The first-order valence-electron chi connectivity index (χ1n) is 17.6. The number of aromatic amines is 2. The Hall–Kier alpha value is -3.77. The van der Waals surface area contributed by atoms with Gasteiger partial charge in [0.05, 0.1) is 37.7 Å². The Morgan fingerprint density at radius 3 is 2.02 bits per heavy atom. The second-order valence-corrected chi connectivity index (χ2v) is 20.1. The normalized spacial score (nSPS) is 25.0. The summed E-state index contributed by atoms with van der Waals surface area (Å²) in [6, 6.07) is 17.6. The zero-order chi connectivity index (χ0) is 33.7. The van der Waals surface area contributed by atoms with Gasteiger partial charge in [-0.1, -0.05) is 73.2 Å². The number of ether oxygens (including phenoxy) is 2. The van der Waals surface area contributed by atoms with Crippen LogP contribution in [0.2, 0.25) is 24.3 Å². The number of hydrogen-bond acceptors (Lipinski definition) is 6. The molecule has 4 atom stereocenters. The standard InChI is InChI=1S/C37H43ClN6O4Si/c1-49(2)21-29(44(22-49)37(46)31-8-5-19-48-31)34-39-20-27(40-34)25-13-9-23(10-14-25)24-11-15-26(16-12-24)32-33(38)42-35(41-32)28-6-3-17-43(28)36(45)30-7-4-18-47-30/h9-16,20,28-31H,3-8,17-19,21-22H2,1-2H3,(H,39,40)(H,41,42)/t28-,29-,30+,31+/m0/s1. The van der Waals surface area contributed by atoms with Crippen molar-refractivity contribution < 1.29 is 19.1 Å². The molecule has 4 aliphatic heterocycles. The maximum Gasteiger partial charge on any atom is 0.252 e. The lowest BCUT2D eigenvalue weighted by Gasteiger charge is -2.26. The van der Waals surface area contributed by atoms with Crippen LogP contribution in [0.15, 0.2) is 54.7 Å². The molecule has 2 N–H and O–H groups in total. The molecule has 49 heavy (non-hydrogen) atoms. The lowest BCUT2D eigenvalue weighted by atomic mass is 10.0. The summed E-state index contributed by atoms with van der Waals surface area (Å²) in [6.07, 6.45) is 7.31. The van der Waals surface area contributed by atoms with Crippen LogP contribution < -0.4 is 0 Å². The number of benzene rings is 2. The van der Waals surface area contributed by atoms with E-state index < -0.39 is 8.07 Å². The van der Waals surface area contributed by atoms with Gasteiger partial charge in [0.25, 0.3) is 11.8 Å². The van der Waals surface area contributed by atoms with Crippen molar-refractivity contribution in [1.29, 1.82) is 0 Å². The molecule has 12 heteroatoms. The predicted molar refractivity (Wildman–Crippen MR) is 190 cm³/mol. The Balaban J connectivity index is 0.954. The molecule has 4 aromatic rings. The Labute approximate surface area is 292 Å². The minimum atomic E-state index is -1.57. The molecule has 0 aliphatic carbocycles. The number of aromatic nitrogens is 4. The van der Waals surface area contributed by atoms with E-state index in [2.05, 4.69) is 64.4 Å². The van der Waals surface area contributed by atoms with Crippen LogP contribution in [0.4, 0.5) is 0 Å². The highest BCUT2D eigenvalue weighted by molar-refractivity contribution is 6.78. The van der Waals surface area contributed by atoms with Crippen molar-refractivity contribution in [1.82, 2.24) is 29.7 Å². The third-order valence-corrected chi connectivity index (χ3v) is 13.5. The molecule has 2 aromatic carbocycles. The number of amides is 2. The second kappa shape index (κ2) is 13.2. The number of carbonyl (C=O) groups excluding carboxylic acids is 2. The third kappa shape index (κ3) is 6.37. The van der Waals surface area contributed by atoms with Crippen molar-refractivity contribution >= 4 is 31.5 Å². The molecule has 0 saturated carbocycles. The van der Waals surface area contributed by atoms with Gasteiger partial charge in [0.2, 0.25) is 0 Å². The van der Waals surface area contributed by atoms with Crippen molar-refractivity contribution in [3.63, 3.8) is 0 Å². The quantitative estimate of drug-likeness (QED) is 0.202. The van der Waals surface area contributed by atoms with Gasteiger partial charge in [0.15, 0.2) is 5.15 Å². The van der Waals surface area contributed by atoms with Gasteiger partial charge in [-0.15, -0.1) is 0 Å². The first-order valence-corrected chi connectivity index (χ1v) is 21.4. The summed E-state index contributed by atoms with van der Waals surface area (Å²) in [6.45, 7) is 6.72. The van der Waals surface area contributed by atoms with Crippen LogP contribution in [0, 0.1) is 0 Å². The van der Waals surface area contributed by atoms with Crippen LogP contribution in [0.5, 0.6) is 0 Å². The van der Waals surface area contributed by atoms with Crippen LogP contribution in [-0.4, -0.2) is 87.8 Å². The highest BCUT2D eigenvalue weighted by Crippen LogP contribution is 2.39. The summed E-state index contributed by atoms with van der Waals surface area (Å²) in [4.78, 5) is 46.8. The number of halogens is 1. The topological polar surface area (TPSA) is 116 Å². The second-order valence-electron chi connectivity index (χ2n) is 14.7. The Kier molecular flexibility index (Phi) is 8.71. The van der Waals surface area contributed by atoms with Crippen molar-refractivity contribution in [3.8, 4) is 33.6 Å². The molecule has 8 rings (SSSR count). The molecule has 2 aromatic heterocycles. The van der Waals surface area contributed by atoms with Gasteiger partial charge >= 0.3 is 0 Å². The molecule has 4 saturated heterocycles. The molecule has 4 aliphatic rings. The molecule has 4 fully saturated rings. The molecule has 6 heterocycles. The van der Waals surface area contributed by atoms with E-state index in [1.807, 2.05) is 28.1 Å². The first kappa shape index (κ1) is 32.4. The molecule has 0 bridgehead atoms. The number of imidazole rings is 2. The fourth-order valence-corrected chi connectivity index (χ4v) is 11.2. The average Bonchev–Trinajstić information content (AvgIpc) is 3.96. The smallest absolute Gasteiger partial charge is 0.252 e. The Bertz CT molecular complexity index is 1830. The molecular weight excluding hydrogens is 656 g/mol. The summed E-state index contributed by atoms with van der Waals surface area (Å²) in [5, 5.41) is 0.408. The van der Waals surface area contributed by atoms with Crippen molar-refractivity contribution in [3.05, 3.63) is 71.5 Å². The Morgan fingerprint density at radius 2 is 1.39 bits per heavy atom. The minimum Gasteiger partial charge on any atom is -0.368 e. The summed E-state index contributed by atoms with van der Waals surface area (Å²) < 4.78 is 11.4. The lowest BCUT2D eigenvalue weighted by Crippen LogP contribution is -2.41. The SMILES string of the molecule is C[Si]1(C)C[C@@H](c2ncc(-c3ccc(-c4ccc(-c5[nH]c([C@@H]6CCCN6C(=O)[C@H]6CCCO6)nc5Cl)cc4)cc3)[nH]2)N(C(=O)[C@H]2CCCO2)C1. The fourth-order valence-electron chi connectivity index (χ4n) is 8.02. The minimum absolute atomic E-state index is 0.0320. The zero-order valence-corrected chi connectivity index (χ0v) is 29.8. The number of nitrogens with zero attached hydrogens (tertiary/aromatic N) is 4. The Morgan fingerprint density at radius 1 is 0.776 bits per heavy atom. The van der Waals surface area contributed by atoms with E-state index in [1.165, 1.54) is 0 Å².